The average molecular weight is 410 g/mol. The normalized spacial score (nSPS) is 20.2. The quantitative estimate of drug-likeness (QED) is 0.817. The molecule has 0 spiro atoms. The molecule has 0 bridgehead atoms. The summed E-state index contributed by atoms with van der Waals surface area (Å²) >= 11 is 0. The lowest BCUT2D eigenvalue weighted by Crippen LogP contribution is -2.34. The van der Waals surface area contributed by atoms with Crippen molar-refractivity contribution < 1.29 is 19.0 Å². The van der Waals surface area contributed by atoms with Gasteiger partial charge in [0.05, 0.1) is 25.5 Å². The number of pyridine rings is 1. The highest BCUT2D eigenvalue weighted by atomic mass is 16.6. The summed E-state index contributed by atoms with van der Waals surface area (Å²) in [5, 5.41) is 3.04. The van der Waals surface area contributed by atoms with E-state index in [4.69, 9.17) is 14.2 Å². The summed E-state index contributed by atoms with van der Waals surface area (Å²) in [6.45, 7) is 4.54. The SMILES string of the molecule is Cc1c2n(c(OC[C@@H]3COCCO3)cc1=O)CCc1cc(C(=O)NC3CC3)ccc1-2. The van der Waals surface area contributed by atoms with Crippen molar-refractivity contribution in [2.75, 3.05) is 26.4 Å². The number of hydrogen-bond acceptors (Lipinski definition) is 5. The van der Waals surface area contributed by atoms with Gasteiger partial charge < -0.3 is 24.1 Å². The third kappa shape index (κ3) is 3.75. The topological polar surface area (TPSA) is 78.8 Å². The number of aromatic nitrogens is 1. The van der Waals surface area contributed by atoms with Crippen molar-refractivity contribution in [3.8, 4) is 17.1 Å². The number of fused-ring (bicyclic) bond motifs is 3. The van der Waals surface area contributed by atoms with Gasteiger partial charge in [0.1, 0.15) is 12.7 Å². The lowest BCUT2D eigenvalue weighted by Gasteiger charge is -2.28. The largest absolute Gasteiger partial charge is 0.476 e. The number of amides is 1. The maximum absolute atomic E-state index is 12.7. The van der Waals surface area contributed by atoms with Gasteiger partial charge in [-0.15, -0.1) is 0 Å². The fourth-order valence-corrected chi connectivity index (χ4v) is 4.13. The molecular formula is C23H26N2O5. The molecular weight excluding hydrogens is 384 g/mol. The van der Waals surface area contributed by atoms with Crippen LogP contribution in [0.2, 0.25) is 0 Å². The monoisotopic (exact) mass is 410 g/mol. The van der Waals surface area contributed by atoms with Gasteiger partial charge in [-0.1, -0.05) is 6.07 Å². The molecule has 0 unspecified atom stereocenters. The standard InChI is InChI=1S/C23H26N2O5/c1-14-20(26)11-21(30-13-18-12-28-8-9-29-18)25-7-6-15-10-16(2-5-19(15)22(14)25)23(27)24-17-3-4-17/h2,5,10-11,17-18H,3-4,6-9,12-13H2,1H3,(H,24,27)/t18-/m0/s1. The lowest BCUT2D eigenvalue weighted by atomic mass is 9.92. The Balaban J connectivity index is 1.45. The van der Waals surface area contributed by atoms with Crippen molar-refractivity contribution >= 4 is 5.91 Å². The van der Waals surface area contributed by atoms with Crippen molar-refractivity contribution in [1.29, 1.82) is 0 Å². The number of carbonyl (C=O) groups is 1. The van der Waals surface area contributed by atoms with Crippen LogP contribution < -0.4 is 15.5 Å². The van der Waals surface area contributed by atoms with Crippen LogP contribution in [0.1, 0.15) is 34.3 Å². The van der Waals surface area contributed by atoms with Gasteiger partial charge in [-0.05, 0) is 43.9 Å². The Labute approximate surface area is 174 Å². The Kier molecular flexibility index (Phi) is 5.08. The number of rotatable bonds is 5. The molecule has 1 N–H and O–H groups in total. The van der Waals surface area contributed by atoms with Crippen molar-refractivity contribution in [3.63, 3.8) is 0 Å². The second-order valence-corrected chi connectivity index (χ2v) is 8.22. The number of carbonyl (C=O) groups excluding carboxylic acids is 1. The number of nitrogens with zero attached hydrogens (tertiary/aromatic N) is 1. The molecule has 1 aliphatic carbocycles. The molecule has 2 aliphatic heterocycles. The molecule has 2 fully saturated rings. The summed E-state index contributed by atoms with van der Waals surface area (Å²) in [6, 6.07) is 7.65. The molecule has 1 amide bonds. The third-order valence-corrected chi connectivity index (χ3v) is 5.96. The molecule has 1 aromatic heterocycles. The first-order valence-electron chi connectivity index (χ1n) is 10.6. The molecule has 7 nitrogen and oxygen atoms in total. The van der Waals surface area contributed by atoms with Crippen molar-refractivity contribution in [2.45, 2.75) is 44.9 Å². The zero-order chi connectivity index (χ0) is 20.7. The van der Waals surface area contributed by atoms with E-state index in [1.54, 1.807) is 6.07 Å². The summed E-state index contributed by atoms with van der Waals surface area (Å²) in [4.78, 5) is 25.1. The smallest absolute Gasteiger partial charge is 0.251 e. The summed E-state index contributed by atoms with van der Waals surface area (Å²) < 4.78 is 19.1. The molecule has 5 rings (SSSR count). The van der Waals surface area contributed by atoms with Crippen LogP contribution in [0.15, 0.2) is 29.1 Å². The van der Waals surface area contributed by atoms with Gasteiger partial charge in [0, 0.05) is 35.3 Å². The molecule has 30 heavy (non-hydrogen) atoms. The molecule has 0 radical (unpaired) electrons. The highest BCUT2D eigenvalue weighted by molar-refractivity contribution is 5.95. The summed E-state index contributed by atoms with van der Waals surface area (Å²) in [5.41, 5.74) is 4.25. The lowest BCUT2D eigenvalue weighted by molar-refractivity contribution is -0.102. The Morgan fingerprint density at radius 1 is 1.27 bits per heavy atom. The van der Waals surface area contributed by atoms with Crippen molar-refractivity contribution in [2.24, 2.45) is 0 Å². The van der Waals surface area contributed by atoms with E-state index in [1.165, 1.54) is 0 Å². The Morgan fingerprint density at radius 3 is 2.90 bits per heavy atom. The Bertz CT molecular complexity index is 1030. The van der Waals surface area contributed by atoms with E-state index in [0.717, 1.165) is 36.1 Å². The fraction of sp³-hybridized carbons (Fsp3) is 0.478. The zero-order valence-corrected chi connectivity index (χ0v) is 17.1. The average Bonchev–Trinajstić information content (AvgIpc) is 3.59. The minimum Gasteiger partial charge on any atom is -0.476 e. The molecule has 1 aromatic carbocycles. The van der Waals surface area contributed by atoms with Gasteiger partial charge in [-0.2, -0.15) is 0 Å². The van der Waals surface area contributed by atoms with E-state index in [0.29, 0.717) is 56.0 Å². The van der Waals surface area contributed by atoms with Crippen LogP contribution in [0, 0.1) is 6.92 Å². The van der Waals surface area contributed by atoms with E-state index >= 15 is 0 Å². The van der Waals surface area contributed by atoms with Gasteiger partial charge in [0.15, 0.2) is 11.3 Å². The van der Waals surface area contributed by atoms with Crippen LogP contribution in [-0.2, 0) is 22.4 Å². The number of hydrogen-bond donors (Lipinski definition) is 1. The van der Waals surface area contributed by atoms with Crippen molar-refractivity contribution in [3.05, 3.63) is 51.2 Å². The van der Waals surface area contributed by atoms with Crippen LogP contribution in [-0.4, -0.2) is 49.0 Å². The minimum atomic E-state index is -0.130. The highest BCUT2D eigenvalue weighted by Gasteiger charge is 2.26. The summed E-state index contributed by atoms with van der Waals surface area (Å²) in [7, 11) is 0. The first-order valence-corrected chi connectivity index (χ1v) is 10.6. The van der Waals surface area contributed by atoms with Gasteiger partial charge in [-0.25, -0.2) is 0 Å². The highest BCUT2D eigenvalue weighted by Crippen LogP contribution is 2.34. The third-order valence-electron chi connectivity index (χ3n) is 5.96. The Morgan fingerprint density at radius 2 is 2.13 bits per heavy atom. The van der Waals surface area contributed by atoms with Crippen LogP contribution in [0.25, 0.3) is 11.3 Å². The van der Waals surface area contributed by atoms with Crippen LogP contribution in [0.3, 0.4) is 0 Å². The predicted molar refractivity (Wildman–Crippen MR) is 111 cm³/mol. The zero-order valence-electron chi connectivity index (χ0n) is 17.1. The number of aryl methyl sites for hydroxylation is 1. The van der Waals surface area contributed by atoms with Gasteiger partial charge in [-0.3, -0.25) is 9.59 Å². The second kappa shape index (κ2) is 7.89. The maximum atomic E-state index is 12.7. The van der Waals surface area contributed by atoms with E-state index in [1.807, 2.05) is 25.1 Å². The Hall–Kier alpha value is -2.64. The van der Waals surface area contributed by atoms with Crippen LogP contribution in [0.4, 0.5) is 0 Å². The van der Waals surface area contributed by atoms with E-state index < -0.39 is 0 Å². The predicted octanol–water partition coefficient (Wildman–Crippen LogP) is 2.07. The van der Waals surface area contributed by atoms with E-state index in [2.05, 4.69) is 9.88 Å². The molecule has 7 heteroatoms. The van der Waals surface area contributed by atoms with Gasteiger partial charge >= 0.3 is 0 Å². The molecule has 158 valence electrons. The maximum Gasteiger partial charge on any atom is 0.251 e. The van der Waals surface area contributed by atoms with Crippen LogP contribution >= 0.6 is 0 Å². The fourth-order valence-electron chi connectivity index (χ4n) is 4.13. The second-order valence-electron chi connectivity index (χ2n) is 8.22. The molecule has 2 aromatic rings. The van der Waals surface area contributed by atoms with Crippen molar-refractivity contribution in [1.82, 2.24) is 9.88 Å². The number of benzene rings is 1. The summed E-state index contributed by atoms with van der Waals surface area (Å²) in [5.74, 6) is 0.530. The first kappa shape index (κ1) is 19.3. The summed E-state index contributed by atoms with van der Waals surface area (Å²) in [6.07, 6.45) is 2.77. The van der Waals surface area contributed by atoms with Gasteiger partial charge in [0.25, 0.3) is 5.91 Å². The van der Waals surface area contributed by atoms with E-state index in [-0.39, 0.29) is 17.4 Å². The molecule has 1 saturated carbocycles. The van der Waals surface area contributed by atoms with Gasteiger partial charge in [0.2, 0.25) is 0 Å². The van der Waals surface area contributed by atoms with E-state index in [9.17, 15) is 9.59 Å². The number of ether oxygens (including phenoxy) is 3. The molecule has 3 aliphatic rings. The minimum absolute atomic E-state index is 0.0215. The first-order chi connectivity index (χ1) is 14.6. The molecule has 1 atom stereocenters. The van der Waals surface area contributed by atoms with Crippen LogP contribution in [0.5, 0.6) is 5.88 Å². The molecule has 1 saturated heterocycles. The molecule has 3 heterocycles. The number of nitrogens with one attached hydrogen (secondary N) is 1.